The molecule has 6 aliphatic heterocycles. The first kappa shape index (κ1) is 68.5. The van der Waals surface area contributed by atoms with Crippen LogP contribution < -0.4 is 47.9 Å². The minimum absolute atomic E-state index is 0.000820. The summed E-state index contributed by atoms with van der Waals surface area (Å²) in [4.78, 5) is 0. The Morgan fingerprint density at radius 1 is 0.272 bits per heavy atom. The van der Waals surface area contributed by atoms with Crippen molar-refractivity contribution in [2.45, 2.75) is 327 Å². The molecule has 6 saturated heterocycles. The van der Waals surface area contributed by atoms with Gasteiger partial charge in [-0.15, -0.1) is 0 Å². The van der Waals surface area contributed by atoms with E-state index in [9.17, 15) is 0 Å². The topological polar surface area (TPSA) is 164 Å². The monoisotopic (exact) mass is 1280 g/mol. The number of hydrogen-bond donors (Lipinski definition) is 9. The highest BCUT2D eigenvalue weighted by atomic mass is 16.5. The number of piperidine rings is 1. The minimum atomic E-state index is -0.0157. The molecule has 92 heavy (non-hydrogen) atoms. The number of nitrogens with one attached hydrogen (secondary N) is 9. The van der Waals surface area contributed by atoms with Gasteiger partial charge in [-0.2, -0.15) is 0 Å². The van der Waals surface area contributed by atoms with E-state index in [0.29, 0.717) is 71.1 Å². The number of ether oxygens (including phenoxy) is 6. The molecular weight excluding hydrogens is 1150 g/mol. The van der Waals surface area contributed by atoms with Crippen LogP contribution in [0.5, 0.6) is 0 Å². The molecule has 14 rings (SSSR count). The first-order valence-corrected chi connectivity index (χ1v) is 40.8. The van der Waals surface area contributed by atoms with Crippen LogP contribution in [0, 0.1) is 112 Å². The van der Waals surface area contributed by atoms with Crippen LogP contribution in [0.2, 0.25) is 0 Å². The largest absolute Gasteiger partial charge is 0.378 e. The molecule has 8 bridgehead atoms. The number of rotatable bonds is 24. The van der Waals surface area contributed by atoms with Crippen molar-refractivity contribution < 1.29 is 28.4 Å². The Labute approximate surface area is 559 Å². The Bertz CT molecular complexity index is 2130. The van der Waals surface area contributed by atoms with Gasteiger partial charge in [-0.25, -0.2) is 0 Å². The van der Waals surface area contributed by atoms with E-state index in [0.717, 1.165) is 135 Å². The lowest BCUT2D eigenvalue weighted by Crippen LogP contribution is -2.65. The Hall–Kier alpha value is -0.600. The van der Waals surface area contributed by atoms with E-state index in [-0.39, 0.29) is 121 Å². The van der Waals surface area contributed by atoms with Crippen molar-refractivity contribution in [1.82, 2.24) is 47.9 Å². The van der Waals surface area contributed by atoms with E-state index < -0.39 is 0 Å². The summed E-state index contributed by atoms with van der Waals surface area (Å²) < 4.78 is 46.1. The fourth-order valence-corrected chi connectivity index (χ4v) is 24.9. The molecule has 0 aromatic carbocycles. The molecule has 0 aromatic rings. The quantitative estimate of drug-likeness (QED) is 0.0419. The van der Waals surface area contributed by atoms with Crippen LogP contribution in [-0.2, 0) is 28.4 Å². The molecule has 0 aromatic heterocycles. The summed E-state index contributed by atoms with van der Waals surface area (Å²) in [5.74, 6) is 8.22. The summed E-state index contributed by atoms with van der Waals surface area (Å²) in [6, 6.07) is 0.407. The van der Waals surface area contributed by atoms with E-state index in [2.05, 4.69) is 82.0 Å². The third kappa shape index (κ3) is 13.3. The standard InChI is InChI=1S/C77H137N9O6/c1-9-15-36-87-64-49-31-24-23-30-48(49)44(7)55-57(64)72-79-70(55)80-74-59-60(66(89-38-17-11-3)51-33-26-25-32-50(51)65(59)88-37-16-10-2)75(85-74)82-71-56-45(8)63-52(34-27-35-78-63)67(90-39-18-12-4)58(56)73(81-71)84-77-62-61(76(83-72)86-77)68(91-40-19-13-5)53-42-46-28-21-22-29-47(46)43-54(53)69(62)92-41-20-14-6/h44-86H,9-43H2,1-8H3. The van der Waals surface area contributed by atoms with Crippen LogP contribution in [0.4, 0.5) is 0 Å². The lowest BCUT2D eigenvalue weighted by molar-refractivity contribution is -0.186. The smallest absolute Gasteiger partial charge is 0.0677 e. The molecule has 14 fully saturated rings. The fourth-order valence-electron chi connectivity index (χ4n) is 24.9. The third-order valence-electron chi connectivity index (χ3n) is 28.9. The van der Waals surface area contributed by atoms with Crippen molar-refractivity contribution in [2.75, 3.05) is 46.2 Å². The van der Waals surface area contributed by atoms with Crippen molar-refractivity contribution in [2.24, 2.45) is 112 Å². The fraction of sp³-hybridized carbons (Fsp3) is 1.00. The molecule has 0 radical (unpaired) electrons. The molecule has 6 heterocycles. The highest BCUT2D eigenvalue weighted by molar-refractivity contribution is 5.19. The van der Waals surface area contributed by atoms with E-state index in [1.54, 1.807) is 0 Å². The molecule has 9 N–H and O–H groups in total. The van der Waals surface area contributed by atoms with Gasteiger partial charge in [0.05, 0.1) is 86.0 Å². The van der Waals surface area contributed by atoms with Gasteiger partial charge in [0.25, 0.3) is 0 Å². The summed E-state index contributed by atoms with van der Waals surface area (Å²) in [5.41, 5.74) is 0. The first-order valence-electron chi connectivity index (χ1n) is 40.8. The van der Waals surface area contributed by atoms with Crippen LogP contribution in [0.3, 0.4) is 0 Å². The second-order valence-electron chi connectivity index (χ2n) is 33.7. The molecule has 15 heteroatoms. The number of fused-ring (bicyclic) bond motifs is 25. The van der Waals surface area contributed by atoms with E-state index >= 15 is 0 Å². The molecule has 8 aliphatic carbocycles. The van der Waals surface area contributed by atoms with Gasteiger partial charge in [0, 0.05) is 87.1 Å². The molecule has 0 spiro atoms. The van der Waals surface area contributed by atoms with Crippen LogP contribution in [-0.4, -0.2) is 138 Å². The molecule has 8 saturated carbocycles. The first-order chi connectivity index (χ1) is 45.3. The highest BCUT2D eigenvalue weighted by Crippen LogP contribution is 2.60. The second-order valence-corrected chi connectivity index (χ2v) is 33.7. The zero-order valence-electron chi connectivity index (χ0n) is 59.3. The second kappa shape index (κ2) is 31.5. The van der Waals surface area contributed by atoms with Crippen molar-refractivity contribution >= 4 is 0 Å². The van der Waals surface area contributed by atoms with E-state index in [1.165, 1.54) is 103 Å². The summed E-state index contributed by atoms with van der Waals surface area (Å²) >= 11 is 0. The molecule has 14 aliphatic rings. The van der Waals surface area contributed by atoms with Crippen LogP contribution in [0.15, 0.2) is 0 Å². The van der Waals surface area contributed by atoms with Gasteiger partial charge < -0.3 is 33.7 Å². The minimum Gasteiger partial charge on any atom is -0.378 e. The Balaban J connectivity index is 0.933. The molecule has 15 nitrogen and oxygen atoms in total. The zero-order chi connectivity index (χ0) is 63.0. The van der Waals surface area contributed by atoms with Gasteiger partial charge in [-0.05, 0) is 167 Å². The van der Waals surface area contributed by atoms with Gasteiger partial charge in [-0.1, -0.05) is 145 Å². The van der Waals surface area contributed by atoms with Gasteiger partial charge >= 0.3 is 0 Å². The van der Waals surface area contributed by atoms with Crippen molar-refractivity contribution in [3.63, 3.8) is 0 Å². The average Bonchev–Trinajstić information content (AvgIpc) is 1.53. The highest BCUT2D eigenvalue weighted by Gasteiger charge is 2.68. The summed E-state index contributed by atoms with van der Waals surface area (Å²) in [5, 5.41) is 41.8. The Kier molecular flexibility index (Phi) is 23.5. The SMILES string of the molecule is CCCCOC1C2CCCCC2C(C)C2C3NC(NC4NC(NC5NC(NC6NC(N3)C3C(OCCCC)C7CCCCC7C(OCCCC)C63)C3C(C)C6NCCCC6C(OCCCC)C53)C3C(OCCCC)C5CC6CCCCC6CC5C(OCCCC)C43)C12. The van der Waals surface area contributed by atoms with Crippen LogP contribution >= 0.6 is 0 Å². The van der Waals surface area contributed by atoms with Gasteiger partial charge in [-0.3, -0.25) is 42.5 Å². The third-order valence-corrected chi connectivity index (χ3v) is 28.9. The maximum absolute atomic E-state index is 7.79. The molecular formula is C77H137N9O6. The summed E-state index contributed by atoms with van der Waals surface area (Å²) in [6.45, 7) is 25.5. The zero-order valence-corrected chi connectivity index (χ0v) is 59.3. The lowest BCUT2D eigenvalue weighted by atomic mass is 9.54. The van der Waals surface area contributed by atoms with Crippen molar-refractivity contribution in [3.8, 4) is 0 Å². The van der Waals surface area contributed by atoms with E-state index in [1.807, 2.05) is 0 Å². The Morgan fingerprint density at radius 3 is 0.880 bits per heavy atom. The maximum Gasteiger partial charge on any atom is 0.0677 e. The van der Waals surface area contributed by atoms with Crippen LogP contribution in [0.25, 0.3) is 0 Å². The molecule has 0 amide bonds. The van der Waals surface area contributed by atoms with Crippen LogP contribution in [0.1, 0.15) is 235 Å². The average molecular weight is 1280 g/mol. The maximum atomic E-state index is 7.79. The molecule has 34 atom stereocenters. The summed E-state index contributed by atoms with van der Waals surface area (Å²) in [7, 11) is 0. The Morgan fingerprint density at radius 2 is 0.533 bits per heavy atom. The van der Waals surface area contributed by atoms with Gasteiger partial charge in [0.2, 0.25) is 0 Å². The number of hydrogen-bond acceptors (Lipinski definition) is 15. The van der Waals surface area contributed by atoms with Gasteiger partial charge in [0.15, 0.2) is 0 Å². The van der Waals surface area contributed by atoms with E-state index in [4.69, 9.17) is 49.7 Å². The predicted octanol–water partition coefficient (Wildman–Crippen LogP) is 11.6. The lowest BCUT2D eigenvalue weighted by Gasteiger charge is -2.56. The van der Waals surface area contributed by atoms with Crippen molar-refractivity contribution in [3.05, 3.63) is 0 Å². The molecule has 34 unspecified atom stereocenters. The molecule has 526 valence electrons. The van der Waals surface area contributed by atoms with Gasteiger partial charge in [0.1, 0.15) is 0 Å². The normalized spacial score (nSPS) is 50.1. The van der Waals surface area contributed by atoms with Crippen molar-refractivity contribution in [1.29, 1.82) is 0 Å². The summed E-state index contributed by atoms with van der Waals surface area (Å²) in [6.07, 6.45) is 35.4. The number of unbranched alkanes of at least 4 members (excludes halogenated alkanes) is 6. The predicted molar refractivity (Wildman–Crippen MR) is 367 cm³/mol.